The van der Waals surface area contributed by atoms with Gasteiger partial charge in [0.05, 0.1) is 6.04 Å². The summed E-state index contributed by atoms with van der Waals surface area (Å²) in [5.74, 6) is 1.01. The molecule has 1 aromatic carbocycles. The van der Waals surface area contributed by atoms with Gasteiger partial charge in [0.25, 0.3) is 0 Å². The number of nitrogens with one attached hydrogen (secondary N) is 1. The van der Waals surface area contributed by atoms with Crippen LogP contribution in [0.4, 0.5) is 4.79 Å². The van der Waals surface area contributed by atoms with Crippen molar-refractivity contribution in [1.82, 2.24) is 10.2 Å². The Balaban J connectivity index is 1.89. The summed E-state index contributed by atoms with van der Waals surface area (Å²) < 4.78 is 5.30. The summed E-state index contributed by atoms with van der Waals surface area (Å²) in [6.07, 6.45) is 0.957. The molecular formula is C19H28N2O3. The third-order valence-electron chi connectivity index (χ3n) is 4.62. The number of carbonyl (C=O) groups is 2. The van der Waals surface area contributed by atoms with Crippen LogP contribution >= 0.6 is 0 Å². The monoisotopic (exact) mass is 332 g/mol. The Morgan fingerprint density at radius 1 is 1.25 bits per heavy atom. The lowest BCUT2D eigenvalue weighted by Crippen LogP contribution is -2.53. The number of rotatable bonds is 5. The Kier molecular flexibility index (Phi) is 6.64. The Bertz CT molecular complexity index is 545. The van der Waals surface area contributed by atoms with Crippen LogP contribution in [-0.2, 0) is 16.1 Å². The minimum Gasteiger partial charge on any atom is -0.445 e. The molecular weight excluding hydrogens is 304 g/mol. The number of hydrogen-bond donors (Lipinski definition) is 1. The second kappa shape index (κ2) is 8.71. The molecule has 1 saturated heterocycles. The summed E-state index contributed by atoms with van der Waals surface area (Å²) in [6, 6.07) is 9.55. The van der Waals surface area contributed by atoms with Crippen molar-refractivity contribution < 1.29 is 14.3 Å². The van der Waals surface area contributed by atoms with E-state index in [1.54, 1.807) is 0 Å². The maximum Gasteiger partial charge on any atom is 0.407 e. The lowest BCUT2D eigenvalue weighted by Gasteiger charge is -2.39. The number of nitrogens with zero attached hydrogens (tertiary/aromatic N) is 1. The number of carbonyl (C=O) groups excluding carboxylic acids is 2. The molecule has 0 radical (unpaired) electrons. The van der Waals surface area contributed by atoms with E-state index in [1.165, 1.54) is 0 Å². The van der Waals surface area contributed by atoms with E-state index < -0.39 is 6.09 Å². The fraction of sp³-hybridized carbons (Fsp3) is 0.579. The van der Waals surface area contributed by atoms with E-state index in [4.69, 9.17) is 4.74 Å². The van der Waals surface area contributed by atoms with E-state index in [9.17, 15) is 9.59 Å². The summed E-state index contributed by atoms with van der Waals surface area (Å²) in [6.45, 7) is 7.80. The largest absolute Gasteiger partial charge is 0.445 e. The number of amides is 2. The molecule has 2 unspecified atom stereocenters. The van der Waals surface area contributed by atoms with Gasteiger partial charge in [-0.1, -0.05) is 51.1 Å². The second-order valence-electron chi connectivity index (χ2n) is 6.80. The predicted octanol–water partition coefficient (Wildman–Crippen LogP) is 3.20. The average Bonchev–Trinajstić information content (AvgIpc) is 2.59. The highest BCUT2D eigenvalue weighted by atomic mass is 16.5. The van der Waals surface area contributed by atoms with Crippen LogP contribution < -0.4 is 5.32 Å². The third-order valence-corrected chi connectivity index (χ3v) is 4.62. The molecule has 0 aromatic heterocycles. The van der Waals surface area contributed by atoms with Crippen molar-refractivity contribution in [2.75, 3.05) is 13.1 Å². The molecule has 5 heteroatoms. The van der Waals surface area contributed by atoms with Crippen LogP contribution in [-0.4, -0.2) is 36.0 Å². The minimum atomic E-state index is -0.419. The zero-order chi connectivity index (χ0) is 17.5. The standard InChI is InChI=1S/C19H28N2O3/c1-4-18(22)21-11-16(14(2)3)10-17(12-21)20-19(23)24-13-15-8-6-5-7-9-15/h5-9,14,16-17H,4,10-13H2,1-3H3,(H,20,23). The summed E-state index contributed by atoms with van der Waals surface area (Å²) in [4.78, 5) is 26.0. The van der Waals surface area contributed by atoms with E-state index in [1.807, 2.05) is 42.2 Å². The smallest absolute Gasteiger partial charge is 0.407 e. The molecule has 1 aliphatic heterocycles. The quantitative estimate of drug-likeness (QED) is 0.901. The molecule has 1 aliphatic rings. The van der Waals surface area contributed by atoms with Crippen LogP contribution in [0.1, 0.15) is 39.2 Å². The molecule has 0 spiro atoms. The normalized spacial score (nSPS) is 20.8. The van der Waals surface area contributed by atoms with Gasteiger partial charge in [0.1, 0.15) is 6.61 Å². The van der Waals surface area contributed by atoms with Gasteiger partial charge in [-0.05, 0) is 23.8 Å². The molecule has 0 aliphatic carbocycles. The minimum absolute atomic E-state index is 0.0510. The van der Waals surface area contributed by atoms with Gasteiger partial charge in [-0.3, -0.25) is 4.79 Å². The van der Waals surface area contributed by atoms with Crippen molar-refractivity contribution in [3.05, 3.63) is 35.9 Å². The van der Waals surface area contributed by atoms with Gasteiger partial charge in [-0.25, -0.2) is 4.79 Å². The van der Waals surface area contributed by atoms with Crippen molar-refractivity contribution in [3.63, 3.8) is 0 Å². The van der Waals surface area contributed by atoms with E-state index in [0.717, 1.165) is 18.5 Å². The van der Waals surface area contributed by atoms with Crippen LogP contribution in [0.3, 0.4) is 0 Å². The zero-order valence-electron chi connectivity index (χ0n) is 14.8. The summed E-state index contributed by atoms with van der Waals surface area (Å²) in [5, 5.41) is 2.93. The van der Waals surface area contributed by atoms with Crippen molar-refractivity contribution in [3.8, 4) is 0 Å². The molecule has 1 heterocycles. The van der Waals surface area contributed by atoms with E-state index in [0.29, 0.717) is 24.8 Å². The van der Waals surface area contributed by atoms with Crippen molar-refractivity contribution in [2.45, 2.75) is 46.3 Å². The number of ether oxygens (including phenoxy) is 1. The first kappa shape index (κ1) is 18.3. The molecule has 2 rings (SSSR count). The maximum absolute atomic E-state index is 12.1. The molecule has 0 saturated carbocycles. The van der Waals surface area contributed by atoms with Gasteiger partial charge in [0.15, 0.2) is 0 Å². The maximum atomic E-state index is 12.1. The van der Waals surface area contributed by atoms with Crippen LogP contribution in [0.5, 0.6) is 0 Å². The summed E-state index contributed by atoms with van der Waals surface area (Å²) >= 11 is 0. The van der Waals surface area contributed by atoms with Gasteiger partial charge in [-0.2, -0.15) is 0 Å². The Labute approximate surface area is 144 Å². The Morgan fingerprint density at radius 3 is 2.58 bits per heavy atom. The van der Waals surface area contributed by atoms with Gasteiger partial charge >= 0.3 is 6.09 Å². The zero-order valence-corrected chi connectivity index (χ0v) is 14.8. The topological polar surface area (TPSA) is 58.6 Å². The molecule has 24 heavy (non-hydrogen) atoms. The first-order valence-corrected chi connectivity index (χ1v) is 8.74. The summed E-state index contributed by atoms with van der Waals surface area (Å²) in [5.41, 5.74) is 0.958. The van der Waals surface area contributed by atoms with Gasteiger partial charge < -0.3 is 15.0 Å². The highest BCUT2D eigenvalue weighted by Crippen LogP contribution is 2.24. The van der Waals surface area contributed by atoms with Crippen molar-refractivity contribution in [2.24, 2.45) is 11.8 Å². The lowest BCUT2D eigenvalue weighted by molar-refractivity contribution is -0.133. The fourth-order valence-corrected chi connectivity index (χ4v) is 3.08. The second-order valence-corrected chi connectivity index (χ2v) is 6.80. The number of benzene rings is 1. The predicted molar refractivity (Wildman–Crippen MR) is 93.4 cm³/mol. The van der Waals surface area contributed by atoms with Crippen LogP contribution in [0.15, 0.2) is 30.3 Å². The third kappa shape index (κ3) is 5.25. The molecule has 0 bridgehead atoms. The van der Waals surface area contributed by atoms with Crippen LogP contribution in [0.25, 0.3) is 0 Å². The first-order valence-electron chi connectivity index (χ1n) is 8.74. The van der Waals surface area contributed by atoms with E-state index in [-0.39, 0.29) is 18.6 Å². The van der Waals surface area contributed by atoms with Crippen LogP contribution in [0.2, 0.25) is 0 Å². The molecule has 132 valence electrons. The highest BCUT2D eigenvalue weighted by Gasteiger charge is 2.31. The average molecular weight is 332 g/mol. The SMILES string of the molecule is CCC(=O)N1CC(NC(=O)OCc2ccccc2)CC(C(C)C)C1. The number of likely N-dealkylation sites (tertiary alicyclic amines) is 1. The van der Waals surface area contributed by atoms with Crippen molar-refractivity contribution >= 4 is 12.0 Å². The molecule has 1 aromatic rings. The molecule has 5 nitrogen and oxygen atoms in total. The Hall–Kier alpha value is -2.04. The highest BCUT2D eigenvalue weighted by molar-refractivity contribution is 5.76. The van der Waals surface area contributed by atoms with E-state index >= 15 is 0 Å². The number of alkyl carbamates (subject to hydrolysis) is 1. The van der Waals surface area contributed by atoms with Gasteiger partial charge in [-0.15, -0.1) is 0 Å². The lowest BCUT2D eigenvalue weighted by atomic mass is 9.85. The van der Waals surface area contributed by atoms with Gasteiger partial charge in [0.2, 0.25) is 5.91 Å². The summed E-state index contributed by atoms with van der Waals surface area (Å²) in [7, 11) is 0. The molecule has 2 atom stereocenters. The molecule has 2 amide bonds. The van der Waals surface area contributed by atoms with E-state index in [2.05, 4.69) is 19.2 Å². The van der Waals surface area contributed by atoms with Crippen molar-refractivity contribution in [1.29, 1.82) is 0 Å². The molecule has 1 N–H and O–H groups in total. The first-order chi connectivity index (χ1) is 11.5. The number of piperidine rings is 1. The number of hydrogen-bond acceptors (Lipinski definition) is 3. The van der Waals surface area contributed by atoms with Crippen LogP contribution in [0, 0.1) is 11.8 Å². The fourth-order valence-electron chi connectivity index (χ4n) is 3.08. The van der Waals surface area contributed by atoms with Gasteiger partial charge in [0, 0.05) is 19.5 Å². The Morgan fingerprint density at radius 2 is 1.96 bits per heavy atom. The molecule has 1 fully saturated rings.